The molecule has 18 heavy (non-hydrogen) atoms. The maximum atomic E-state index is 10.8. The van der Waals surface area contributed by atoms with Gasteiger partial charge in [0.2, 0.25) is 0 Å². The maximum absolute atomic E-state index is 10.8. The number of rotatable bonds is 4. The third-order valence-electron chi connectivity index (χ3n) is 3.01. The van der Waals surface area contributed by atoms with Crippen LogP contribution in [0.5, 0.6) is 0 Å². The van der Waals surface area contributed by atoms with Crippen LogP contribution in [0.2, 0.25) is 0 Å². The number of nitrogens with zero attached hydrogens (tertiary/aromatic N) is 3. The van der Waals surface area contributed by atoms with E-state index in [2.05, 4.69) is 10.1 Å². The van der Waals surface area contributed by atoms with Gasteiger partial charge >= 0.3 is 5.97 Å². The van der Waals surface area contributed by atoms with Gasteiger partial charge in [-0.3, -0.25) is 4.68 Å². The van der Waals surface area contributed by atoms with Crippen molar-refractivity contribution in [1.82, 2.24) is 14.8 Å². The molecule has 0 radical (unpaired) electrons. The van der Waals surface area contributed by atoms with Crippen LogP contribution in [0.25, 0.3) is 0 Å². The lowest BCUT2D eigenvalue weighted by molar-refractivity contribution is 0.0690. The molecule has 0 saturated heterocycles. The average Bonchev–Trinajstić information content (AvgIpc) is 3.11. The van der Waals surface area contributed by atoms with Crippen molar-refractivity contribution in [3.05, 3.63) is 47.5 Å². The van der Waals surface area contributed by atoms with Crippen molar-refractivity contribution < 1.29 is 9.90 Å². The molecular weight excluding hydrogens is 230 g/mol. The van der Waals surface area contributed by atoms with Gasteiger partial charge in [0.1, 0.15) is 5.69 Å². The summed E-state index contributed by atoms with van der Waals surface area (Å²) in [5, 5.41) is 13.3. The molecule has 1 aliphatic carbocycles. The number of aromatic nitrogens is 3. The van der Waals surface area contributed by atoms with Crippen molar-refractivity contribution in [1.29, 1.82) is 0 Å². The van der Waals surface area contributed by atoms with E-state index < -0.39 is 5.97 Å². The molecule has 1 aliphatic rings. The molecule has 92 valence electrons. The highest BCUT2D eigenvalue weighted by Gasteiger charge is 2.25. The minimum absolute atomic E-state index is 0.0714. The minimum atomic E-state index is -1.00. The second-order valence-electron chi connectivity index (χ2n) is 4.53. The number of carboxylic acid groups (broad SMARTS) is 1. The molecule has 0 bridgehead atoms. The second-order valence-corrected chi connectivity index (χ2v) is 4.53. The summed E-state index contributed by atoms with van der Waals surface area (Å²) in [4.78, 5) is 14.9. The normalized spacial score (nSPS) is 14.7. The predicted octanol–water partition coefficient (Wildman–Crippen LogP) is 1.90. The summed E-state index contributed by atoms with van der Waals surface area (Å²) in [6.07, 6.45) is 4.37. The fourth-order valence-electron chi connectivity index (χ4n) is 1.92. The SMILES string of the molecule is O=C(O)c1cccc(Cn2ccc(C3CC3)n2)n1. The van der Waals surface area contributed by atoms with Crippen LogP contribution < -0.4 is 0 Å². The number of aromatic carboxylic acids is 1. The first-order valence-electron chi connectivity index (χ1n) is 5.95. The highest BCUT2D eigenvalue weighted by Crippen LogP contribution is 2.38. The van der Waals surface area contributed by atoms with Crippen LogP contribution in [-0.2, 0) is 6.54 Å². The Morgan fingerprint density at radius 1 is 1.39 bits per heavy atom. The summed E-state index contributed by atoms with van der Waals surface area (Å²) < 4.78 is 1.81. The highest BCUT2D eigenvalue weighted by molar-refractivity contribution is 5.85. The van der Waals surface area contributed by atoms with Crippen LogP contribution in [-0.4, -0.2) is 25.8 Å². The molecule has 1 N–H and O–H groups in total. The second kappa shape index (κ2) is 4.25. The number of hydrogen-bond donors (Lipinski definition) is 1. The molecule has 1 fully saturated rings. The Morgan fingerprint density at radius 2 is 2.22 bits per heavy atom. The van der Waals surface area contributed by atoms with Gasteiger partial charge in [0.15, 0.2) is 0 Å². The zero-order chi connectivity index (χ0) is 12.5. The Labute approximate surface area is 104 Å². The van der Waals surface area contributed by atoms with Crippen molar-refractivity contribution in [2.75, 3.05) is 0 Å². The number of hydrogen-bond acceptors (Lipinski definition) is 3. The Hall–Kier alpha value is -2.17. The first-order chi connectivity index (χ1) is 8.72. The fraction of sp³-hybridized carbons (Fsp3) is 0.308. The largest absolute Gasteiger partial charge is 0.477 e. The smallest absolute Gasteiger partial charge is 0.354 e. The van der Waals surface area contributed by atoms with E-state index >= 15 is 0 Å². The third-order valence-corrected chi connectivity index (χ3v) is 3.01. The van der Waals surface area contributed by atoms with E-state index in [1.54, 1.807) is 6.07 Å². The minimum Gasteiger partial charge on any atom is -0.477 e. The summed E-state index contributed by atoms with van der Waals surface area (Å²) in [5.74, 6) is -0.374. The summed E-state index contributed by atoms with van der Waals surface area (Å²) in [7, 11) is 0. The van der Waals surface area contributed by atoms with Crippen LogP contribution in [0.3, 0.4) is 0 Å². The van der Waals surface area contributed by atoms with Crippen LogP contribution >= 0.6 is 0 Å². The molecule has 0 aliphatic heterocycles. The van der Waals surface area contributed by atoms with E-state index in [9.17, 15) is 4.79 Å². The summed E-state index contributed by atoms with van der Waals surface area (Å²) >= 11 is 0. The van der Waals surface area contributed by atoms with Crippen LogP contribution in [0.15, 0.2) is 30.5 Å². The lowest BCUT2D eigenvalue weighted by atomic mass is 10.3. The predicted molar refractivity (Wildman–Crippen MR) is 64.5 cm³/mol. The lowest BCUT2D eigenvalue weighted by Gasteiger charge is -2.02. The van der Waals surface area contributed by atoms with Gasteiger partial charge in [-0.2, -0.15) is 5.10 Å². The molecule has 5 nitrogen and oxygen atoms in total. The molecule has 0 spiro atoms. The molecular formula is C13H13N3O2. The van der Waals surface area contributed by atoms with E-state index in [1.807, 2.05) is 23.0 Å². The number of carbonyl (C=O) groups is 1. The van der Waals surface area contributed by atoms with Crippen molar-refractivity contribution in [2.24, 2.45) is 0 Å². The van der Waals surface area contributed by atoms with Crippen LogP contribution in [0, 0.1) is 0 Å². The van der Waals surface area contributed by atoms with E-state index in [0.29, 0.717) is 18.2 Å². The van der Waals surface area contributed by atoms with Gasteiger partial charge in [0.05, 0.1) is 17.9 Å². The first-order valence-corrected chi connectivity index (χ1v) is 5.95. The molecule has 0 unspecified atom stereocenters. The molecule has 2 aromatic rings. The molecule has 1 saturated carbocycles. The third kappa shape index (κ3) is 2.25. The first kappa shape index (κ1) is 11.0. The van der Waals surface area contributed by atoms with Crippen molar-refractivity contribution in [3.8, 4) is 0 Å². The van der Waals surface area contributed by atoms with Gasteiger partial charge in [0.25, 0.3) is 0 Å². The number of pyridine rings is 1. The summed E-state index contributed by atoms with van der Waals surface area (Å²) in [6, 6.07) is 7.03. The van der Waals surface area contributed by atoms with Gasteiger partial charge in [-0.1, -0.05) is 6.07 Å². The quantitative estimate of drug-likeness (QED) is 0.890. The van der Waals surface area contributed by atoms with Gasteiger partial charge in [-0.15, -0.1) is 0 Å². The Balaban J connectivity index is 1.78. The van der Waals surface area contributed by atoms with Gasteiger partial charge in [0, 0.05) is 12.1 Å². The van der Waals surface area contributed by atoms with Crippen LogP contribution in [0.1, 0.15) is 40.6 Å². The molecule has 0 amide bonds. The monoisotopic (exact) mass is 243 g/mol. The Bertz CT molecular complexity index is 587. The molecule has 3 rings (SSSR count). The maximum Gasteiger partial charge on any atom is 0.354 e. The van der Waals surface area contributed by atoms with Crippen molar-refractivity contribution in [3.63, 3.8) is 0 Å². The fourth-order valence-corrected chi connectivity index (χ4v) is 1.92. The molecule has 0 aromatic carbocycles. The van der Waals surface area contributed by atoms with Crippen LogP contribution in [0.4, 0.5) is 0 Å². The van der Waals surface area contributed by atoms with Crippen molar-refractivity contribution in [2.45, 2.75) is 25.3 Å². The van der Waals surface area contributed by atoms with E-state index in [0.717, 1.165) is 5.69 Å². The van der Waals surface area contributed by atoms with E-state index in [1.165, 1.54) is 18.9 Å². The van der Waals surface area contributed by atoms with Crippen molar-refractivity contribution >= 4 is 5.97 Å². The topological polar surface area (TPSA) is 68.0 Å². The van der Waals surface area contributed by atoms with Gasteiger partial charge in [-0.05, 0) is 31.0 Å². The van der Waals surface area contributed by atoms with E-state index in [-0.39, 0.29) is 5.69 Å². The van der Waals surface area contributed by atoms with E-state index in [4.69, 9.17) is 5.11 Å². The Morgan fingerprint density at radius 3 is 2.94 bits per heavy atom. The standard InChI is InChI=1S/C13H13N3O2/c17-13(18)12-3-1-2-10(14-12)8-16-7-6-11(15-16)9-4-5-9/h1-3,6-7,9H,4-5,8H2,(H,17,18). The summed E-state index contributed by atoms with van der Waals surface area (Å²) in [6.45, 7) is 0.508. The zero-order valence-corrected chi connectivity index (χ0v) is 9.78. The highest BCUT2D eigenvalue weighted by atomic mass is 16.4. The zero-order valence-electron chi connectivity index (χ0n) is 9.78. The average molecular weight is 243 g/mol. The lowest BCUT2D eigenvalue weighted by Crippen LogP contribution is -2.07. The van der Waals surface area contributed by atoms with Gasteiger partial charge < -0.3 is 5.11 Å². The molecule has 2 aromatic heterocycles. The molecule has 2 heterocycles. The van der Waals surface area contributed by atoms with Gasteiger partial charge in [-0.25, -0.2) is 9.78 Å². The number of carboxylic acids is 1. The summed E-state index contributed by atoms with van der Waals surface area (Å²) in [5.41, 5.74) is 1.91. The Kier molecular flexibility index (Phi) is 2.59. The molecule has 0 atom stereocenters. The molecule has 5 heteroatoms.